The Labute approximate surface area is 110 Å². The van der Waals surface area contributed by atoms with Gasteiger partial charge in [0.25, 0.3) is 0 Å². The number of ether oxygens (including phenoxy) is 1. The fourth-order valence-corrected chi connectivity index (χ4v) is 3.18. The Morgan fingerprint density at radius 3 is 3.17 bits per heavy atom. The molecule has 0 bridgehead atoms. The van der Waals surface area contributed by atoms with Gasteiger partial charge >= 0.3 is 0 Å². The Kier molecular flexibility index (Phi) is 3.50. The van der Waals surface area contributed by atoms with Crippen LogP contribution in [0.5, 0.6) is 0 Å². The van der Waals surface area contributed by atoms with Gasteiger partial charge in [-0.15, -0.1) is 0 Å². The van der Waals surface area contributed by atoms with Crippen molar-refractivity contribution in [3.05, 3.63) is 42.2 Å². The molecule has 1 aromatic heterocycles. The molecule has 1 N–H and O–H groups in total. The summed E-state index contributed by atoms with van der Waals surface area (Å²) in [6, 6.07) is 7.92. The summed E-state index contributed by atoms with van der Waals surface area (Å²) in [5.41, 5.74) is 0.910. The van der Waals surface area contributed by atoms with E-state index in [1.165, 1.54) is 0 Å². The minimum atomic E-state index is -0.578. The number of thioether (sulfide) groups is 1. The van der Waals surface area contributed by atoms with Crippen molar-refractivity contribution in [2.75, 3.05) is 18.1 Å². The molecular formula is C14H15NO2S. The zero-order chi connectivity index (χ0) is 12.4. The second kappa shape index (κ2) is 5.26. The number of benzene rings is 1. The predicted octanol–water partition coefficient (Wildman–Crippen LogP) is 2.40. The van der Waals surface area contributed by atoms with E-state index in [4.69, 9.17) is 4.74 Å². The smallest absolute Gasteiger partial charge is 0.107 e. The van der Waals surface area contributed by atoms with Crippen LogP contribution in [0.3, 0.4) is 0 Å². The maximum atomic E-state index is 10.5. The molecule has 0 spiro atoms. The van der Waals surface area contributed by atoms with Gasteiger partial charge in [-0.05, 0) is 17.0 Å². The molecule has 2 unspecified atom stereocenters. The maximum Gasteiger partial charge on any atom is 0.107 e. The Morgan fingerprint density at radius 2 is 2.33 bits per heavy atom. The van der Waals surface area contributed by atoms with Crippen LogP contribution in [0.2, 0.25) is 0 Å². The van der Waals surface area contributed by atoms with Crippen LogP contribution in [-0.4, -0.2) is 34.3 Å². The summed E-state index contributed by atoms with van der Waals surface area (Å²) in [5, 5.41) is 12.6. The van der Waals surface area contributed by atoms with Gasteiger partial charge in [-0.25, -0.2) is 0 Å². The maximum absolute atomic E-state index is 10.5. The highest BCUT2D eigenvalue weighted by Crippen LogP contribution is 2.29. The van der Waals surface area contributed by atoms with Gasteiger partial charge in [0.2, 0.25) is 0 Å². The molecule has 0 aliphatic carbocycles. The van der Waals surface area contributed by atoms with Crippen LogP contribution in [0.25, 0.3) is 10.8 Å². The number of nitrogens with zero attached hydrogens (tertiary/aromatic N) is 1. The largest absolute Gasteiger partial charge is 0.386 e. The molecule has 3 rings (SSSR count). The number of aliphatic hydroxyl groups is 1. The SMILES string of the molecule is OC(c1cccc2ccncc12)C1CSCCO1. The first-order chi connectivity index (χ1) is 8.86. The van der Waals surface area contributed by atoms with Crippen molar-refractivity contribution < 1.29 is 9.84 Å². The van der Waals surface area contributed by atoms with Gasteiger partial charge in [-0.1, -0.05) is 18.2 Å². The third-order valence-electron chi connectivity index (χ3n) is 3.23. The van der Waals surface area contributed by atoms with Crippen LogP contribution in [-0.2, 0) is 4.74 Å². The summed E-state index contributed by atoms with van der Waals surface area (Å²) in [7, 11) is 0. The summed E-state index contributed by atoms with van der Waals surface area (Å²) in [5.74, 6) is 1.86. The summed E-state index contributed by atoms with van der Waals surface area (Å²) in [6.07, 6.45) is 2.88. The number of hydrogen-bond donors (Lipinski definition) is 1. The molecule has 0 radical (unpaired) electrons. The van der Waals surface area contributed by atoms with E-state index < -0.39 is 6.10 Å². The van der Waals surface area contributed by atoms with Crippen molar-refractivity contribution >= 4 is 22.5 Å². The van der Waals surface area contributed by atoms with Crippen LogP contribution in [0, 0.1) is 0 Å². The molecule has 1 aromatic carbocycles. The van der Waals surface area contributed by atoms with E-state index in [9.17, 15) is 5.11 Å². The molecule has 4 heteroatoms. The Bertz CT molecular complexity index is 535. The van der Waals surface area contributed by atoms with E-state index in [1.54, 1.807) is 6.20 Å². The van der Waals surface area contributed by atoms with Crippen LogP contribution in [0.15, 0.2) is 36.7 Å². The third kappa shape index (κ3) is 2.23. The molecule has 1 saturated heterocycles. The van der Waals surface area contributed by atoms with Gasteiger partial charge in [0.15, 0.2) is 0 Å². The van der Waals surface area contributed by atoms with E-state index in [1.807, 2.05) is 42.2 Å². The summed E-state index contributed by atoms with van der Waals surface area (Å²) < 4.78 is 5.65. The van der Waals surface area contributed by atoms with Gasteiger partial charge < -0.3 is 9.84 Å². The molecule has 94 valence electrons. The quantitative estimate of drug-likeness (QED) is 0.901. The zero-order valence-electron chi connectivity index (χ0n) is 9.95. The number of aromatic nitrogens is 1. The lowest BCUT2D eigenvalue weighted by Gasteiger charge is -2.27. The normalized spacial score (nSPS) is 21.9. The predicted molar refractivity (Wildman–Crippen MR) is 73.8 cm³/mol. The van der Waals surface area contributed by atoms with Crippen LogP contribution in [0.1, 0.15) is 11.7 Å². The van der Waals surface area contributed by atoms with Gasteiger partial charge in [0, 0.05) is 29.3 Å². The van der Waals surface area contributed by atoms with Gasteiger partial charge in [0.05, 0.1) is 12.7 Å². The van der Waals surface area contributed by atoms with Gasteiger partial charge in [0.1, 0.15) is 6.10 Å². The van der Waals surface area contributed by atoms with Crippen LogP contribution >= 0.6 is 11.8 Å². The number of pyridine rings is 1. The highest BCUT2D eigenvalue weighted by molar-refractivity contribution is 7.99. The molecule has 18 heavy (non-hydrogen) atoms. The van der Waals surface area contributed by atoms with Crippen LogP contribution < -0.4 is 0 Å². The fraction of sp³-hybridized carbons (Fsp3) is 0.357. The second-order valence-electron chi connectivity index (χ2n) is 4.37. The van der Waals surface area contributed by atoms with Gasteiger partial charge in [-0.3, -0.25) is 4.98 Å². The lowest BCUT2D eigenvalue weighted by Crippen LogP contribution is -2.29. The lowest BCUT2D eigenvalue weighted by atomic mass is 9.99. The molecule has 1 aliphatic rings. The standard InChI is InChI=1S/C14H15NO2S/c16-14(13-9-18-7-6-17-13)11-3-1-2-10-4-5-15-8-12(10)11/h1-5,8,13-14,16H,6-7,9H2. The highest BCUT2D eigenvalue weighted by atomic mass is 32.2. The number of hydrogen-bond acceptors (Lipinski definition) is 4. The van der Waals surface area contributed by atoms with Crippen molar-refractivity contribution in [3.63, 3.8) is 0 Å². The first kappa shape index (κ1) is 12.0. The molecule has 1 fully saturated rings. The second-order valence-corrected chi connectivity index (χ2v) is 5.52. The van der Waals surface area contributed by atoms with Gasteiger partial charge in [-0.2, -0.15) is 11.8 Å². The van der Waals surface area contributed by atoms with Crippen molar-refractivity contribution in [1.82, 2.24) is 4.98 Å². The van der Waals surface area contributed by atoms with Crippen molar-refractivity contribution in [1.29, 1.82) is 0 Å². The van der Waals surface area contributed by atoms with E-state index in [0.717, 1.165) is 34.4 Å². The average Bonchev–Trinajstić information content (AvgIpc) is 2.47. The molecule has 3 nitrogen and oxygen atoms in total. The molecule has 2 heterocycles. The molecular weight excluding hydrogens is 246 g/mol. The zero-order valence-corrected chi connectivity index (χ0v) is 10.8. The van der Waals surface area contributed by atoms with E-state index in [0.29, 0.717) is 0 Å². The van der Waals surface area contributed by atoms with Crippen LogP contribution in [0.4, 0.5) is 0 Å². The van der Waals surface area contributed by atoms with E-state index >= 15 is 0 Å². The summed E-state index contributed by atoms with van der Waals surface area (Å²) in [6.45, 7) is 0.718. The average molecular weight is 261 g/mol. The summed E-state index contributed by atoms with van der Waals surface area (Å²) in [4.78, 5) is 4.14. The molecule has 0 saturated carbocycles. The lowest BCUT2D eigenvalue weighted by molar-refractivity contribution is -0.0221. The van der Waals surface area contributed by atoms with Crippen molar-refractivity contribution in [2.45, 2.75) is 12.2 Å². The van der Waals surface area contributed by atoms with E-state index in [-0.39, 0.29) is 6.10 Å². The van der Waals surface area contributed by atoms with E-state index in [2.05, 4.69) is 4.98 Å². The minimum absolute atomic E-state index is 0.116. The number of rotatable bonds is 2. The minimum Gasteiger partial charge on any atom is -0.386 e. The van der Waals surface area contributed by atoms with Crippen molar-refractivity contribution in [3.8, 4) is 0 Å². The first-order valence-corrected chi connectivity index (χ1v) is 7.22. The third-order valence-corrected chi connectivity index (χ3v) is 4.25. The summed E-state index contributed by atoms with van der Waals surface area (Å²) >= 11 is 1.83. The Morgan fingerprint density at radius 1 is 1.39 bits per heavy atom. The monoisotopic (exact) mass is 261 g/mol. The fourth-order valence-electron chi connectivity index (χ4n) is 2.28. The van der Waals surface area contributed by atoms with Crippen molar-refractivity contribution in [2.24, 2.45) is 0 Å². The molecule has 0 amide bonds. The number of aliphatic hydroxyl groups excluding tert-OH is 1. The Balaban J connectivity index is 1.97. The number of fused-ring (bicyclic) bond motifs is 1. The topological polar surface area (TPSA) is 42.4 Å². The highest BCUT2D eigenvalue weighted by Gasteiger charge is 2.25. The molecule has 2 aromatic rings. The Hall–Kier alpha value is -1.10. The molecule has 1 aliphatic heterocycles. The molecule has 2 atom stereocenters. The first-order valence-electron chi connectivity index (χ1n) is 6.06.